The highest BCUT2D eigenvalue weighted by Crippen LogP contribution is 2.24. The number of nitro groups is 1. The number of nitrogens with zero attached hydrogens (tertiary/aromatic N) is 4. The summed E-state index contributed by atoms with van der Waals surface area (Å²) >= 11 is 1.48. The Hall–Kier alpha value is -3.20. The molecule has 8 nitrogen and oxygen atoms in total. The zero-order valence-electron chi connectivity index (χ0n) is 16.3. The van der Waals surface area contributed by atoms with Gasteiger partial charge in [-0.05, 0) is 31.5 Å². The van der Waals surface area contributed by atoms with Crippen molar-refractivity contribution in [3.8, 4) is 0 Å². The molecule has 3 aromatic rings. The largest absolute Gasteiger partial charge is 0.342 e. The van der Waals surface area contributed by atoms with Crippen LogP contribution in [0.1, 0.15) is 40.3 Å². The zero-order valence-corrected chi connectivity index (χ0v) is 17.1. The second-order valence-electron chi connectivity index (χ2n) is 6.68. The van der Waals surface area contributed by atoms with E-state index in [1.165, 1.54) is 23.9 Å². The molecule has 0 aliphatic heterocycles. The van der Waals surface area contributed by atoms with E-state index in [0.29, 0.717) is 22.3 Å². The molecule has 0 saturated heterocycles. The van der Waals surface area contributed by atoms with E-state index in [2.05, 4.69) is 15.5 Å². The predicted octanol–water partition coefficient (Wildman–Crippen LogP) is 3.82. The first-order valence-electron chi connectivity index (χ1n) is 8.98. The number of non-ortho nitro benzene ring substituents is 1. The highest BCUT2D eigenvalue weighted by Gasteiger charge is 2.18. The van der Waals surface area contributed by atoms with Gasteiger partial charge in [0, 0.05) is 30.5 Å². The van der Waals surface area contributed by atoms with Crippen molar-refractivity contribution in [2.24, 2.45) is 7.05 Å². The van der Waals surface area contributed by atoms with Gasteiger partial charge in [0.1, 0.15) is 0 Å². The molecule has 1 heterocycles. The molecular weight excluding hydrogens is 390 g/mol. The van der Waals surface area contributed by atoms with Crippen molar-refractivity contribution >= 4 is 23.4 Å². The van der Waals surface area contributed by atoms with Crippen molar-refractivity contribution in [1.29, 1.82) is 0 Å². The normalized spacial score (nSPS) is 11.8. The minimum atomic E-state index is -0.418. The summed E-state index contributed by atoms with van der Waals surface area (Å²) < 4.78 is 1.84. The van der Waals surface area contributed by atoms with Gasteiger partial charge in [0.05, 0.1) is 11.0 Å². The lowest BCUT2D eigenvalue weighted by molar-refractivity contribution is -0.384. The number of nitro benzene ring substituents is 1. The maximum absolute atomic E-state index is 12.5. The molecule has 0 radical (unpaired) electrons. The first-order chi connectivity index (χ1) is 13.8. The van der Waals surface area contributed by atoms with Crippen molar-refractivity contribution in [2.75, 3.05) is 0 Å². The van der Waals surface area contributed by atoms with Gasteiger partial charge in [0.25, 0.3) is 11.6 Å². The molecule has 0 aliphatic carbocycles. The fourth-order valence-electron chi connectivity index (χ4n) is 2.82. The van der Waals surface area contributed by atoms with Crippen LogP contribution in [0, 0.1) is 17.0 Å². The topological polar surface area (TPSA) is 103 Å². The summed E-state index contributed by atoms with van der Waals surface area (Å²) in [6.07, 6.45) is 0. The average molecular weight is 411 g/mol. The lowest BCUT2D eigenvalue weighted by Crippen LogP contribution is -2.28. The van der Waals surface area contributed by atoms with Gasteiger partial charge in [-0.15, -0.1) is 10.2 Å². The van der Waals surface area contributed by atoms with Crippen LogP contribution in [0.5, 0.6) is 0 Å². The molecule has 0 unspecified atom stereocenters. The molecule has 0 fully saturated rings. The lowest BCUT2D eigenvalue weighted by atomic mass is 10.1. The fraction of sp³-hybridized carbons (Fsp3) is 0.250. The molecule has 29 heavy (non-hydrogen) atoms. The number of rotatable bonds is 7. The number of aromatic nitrogens is 3. The summed E-state index contributed by atoms with van der Waals surface area (Å²) in [5.41, 5.74) is 2.64. The van der Waals surface area contributed by atoms with Gasteiger partial charge in [-0.2, -0.15) is 0 Å². The van der Waals surface area contributed by atoms with Crippen LogP contribution >= 0.6 is 11.8 Å². The number of carbonyl (C=O) groups is 1. The van der Waals surface area contributed by atoms with Gasteiger partial charge in [-0.3, -0.25) is 14.9 Å². The Labute approximate surface area is 172 Å². The summed E-state index contributed by atoms with van der Waals surface area (Å²) in [6, 6.07) is 13.5. The molecule has 0 spiro atoms. The summed E-state index contributed by atoms with van der Waals surface area (Å²) in [7, 11) is 1.85. The maximum atomic E-state index is 12.5. The van der Waals surface area contributed by atoms with Gasteiger partial charge in [-0.1, -0.05) is 41.6 Å². The van der Waals surface area contributed by atoms with Gasteiger partial charge in [0.2, 0.25) is 0 Å². The third-order valence-corrected chi connectivity index (χ3v) is 5.49. The highest BCUT2D eigenvalue weighted by molar-refractivity contribution is 7.98. The van der Waals surface area contributed by atoms with Crippen molar-refractivity contribution in [1.82, 2.24) is 20.1 Å². The SMILES string of the molecule is Cc1cccc(C(=O)N[C@H](C)c2nnc(SCc3ccc([N+](=O)[O-])cc3)n2C)c1. The van der Waals surface area contributed by atoms with Crippen LogP contribution in [0.15, 0.2) is 53.7 Å². The molecule has 0 aliphatic rings. The molecule has 1 atom stereocenters. The van der Waals surface area contributed by atoms with Crippen molar-refractivity contribution in [2.45, 2.75) is 30.8 Å². The first-order valence-corrected chi connectivity index (χ1v) is 9.96. The highest BCUT2D eigenvalue weighted by atomic mass is 32.2. The number of aryl methyl sites for hydroxylation is 1. The fourth-order valence-corrected chi connectivity index (χ4v) is 3.70. The predicted molar refractivity (Wildman–Crippen MR) is 111 cm³/mol. The van der Waals surface area contributed by atoms with E-state index in [-0.39, 0.29) is 17.6 Å². The molecule has 0 saturated carbocycles. The molecule has 150 valence electrons. The Bertz CT molecular complexity index is 1030. The van der Waals surface area contributed by atoms with E-state index < -0.39 is 4.92 Å². The molecule has 2 aromatic carbocycles. The standard InChI is InChI=1S/C20H21N5O3S/c1-13-5-4-6-16(11-13)19(26)21-14(2)18-22-23-20(24(18)3)29-12-15-7-9-17(10-8-15)25(27)28/h4-11,14H,12H2,1-3H3,(H,21,26)/t14-/m1/s1. The third kappa shape index (κ3) is 5.00. The van der Waals surface area contributed by atoms with Crippen LogP contribution in [0.25, 0.3) is 0 Å². The summed E-state index contributed by atoms with van der Waals surface area (Å²) in [4.78, 5) is 22.8. The Morgan fingerprint density at radius 3 is 2.62 bits per heavy atom. The molecule has 1 amide bonds. The molecular formula is C20H21N5O3S. The van der Waals surface area contributed by atoms with Crippen LogP contribution in [-0.4, -0.2) is 25.6 Å². The quantitative estimate of drug-likeness (QED) is 0.360. The summed E-state index contributed by atoms with van der Waals surface area (Å²) in [5.74, 6) is 1.09. The van der Waals surface area contributed by atoms with Gasteiger partial charge in [-0.25, -0.2) is 0 Å². The number of nitrogens with one attached hydrogen (secondary N) is 1. The number of hydrogen-bond acceptors (Lipinski definition) is 6. The Kier molecular flexibility index (Phi) is 6.28. The van der Waals surface area contributed by atoms with E-state index >= 15 is 0 Å². The van der Waals surface area contributed by atoms with E-state index in [4.69, 9.17) is 0 Å². The molecule has 0 bridgehead atoms. The van der Waals surface area contributed by atoms with Crippen molar-refractivity contribution in [3.05, 3.63) is 81.2 Å². The Balaban J connectivity index is 1.63. The second-order valence-corrected chi connectivity index (χ2v) is 7.62. The Morgan fingerprint density at radius 2 is 1.97 bits per heavy atom. The molecule has 1 N–H and O–H groups in total. The minimum Gasteiger partial charge on any atom is -0.342 e. The van der Waals surface area contributed by atoms with Crippen molar-refractivity contribution < 1.29 is 9.72 Å². The smallest absolute Gasteiger partial charge is 0.269 e. The summed E-state index contributed by atoms with van der Waals surface area (Å²) in [5, 5.41) is 22.8. The van der Waals surface area contributed by atoms with Crippen LogP contribution in [0.2, 0.25) is 0 Å². The number of carbonyl (C=O) groups excluding carboxylic acids is 1. The number of benzene rings is 2. The lowest BCUT2D eigenvalue weighted by Gasteiger charge is -2.14. The summed E-state index contributed by atoms with van der Waals surface area (Å²) in [6.45, 7) is 3.81. The number of hydrogen-bond donors (Lipinski definition) is 1. The minimum absolute atomic E-state index is 0.0675. The van der Waals surface area contributed by atoms with Gasteiger partial charge >= 0.3 is 0 Å². The maximum Gasteiger partial charge on any atom is 0.269 e. The van der Waals surface area contributed by atoms with Gasteiger partial charge in [0.15, 0.2) is 11.0 Å². The van der Waals surface area contributed by atoms with E-state index in [9.17, 15) is 14.9 Å². The molecule has 9 heteroatoms. The van der Waals surface area contributed by atoms with E-state index in [0.717, 1.165) is 11.1 Å². The Morgan fingerprint density at radius 1 is 1.24 bits per heavy atom. The van der Waals surface area contributed by atoms with Crippen LogP contribution in [-0.2, 0) is 12.8 Å². The van der Waals surface area contributed by atoms with Crippen LogP contribution in [0.4, 0.5) is 5.69 Å². The third-order valence-electron chi connectivity index (χ3n) is 4.40. The molecule has 1 aromatic heterocycles. The monoisotopic (exact) mass is 411 g/mol. The number of amides is 1. The van der Waals surface area contributed by atoms with Crippen LogP contribution < -0.4 is 5.32 Å². The average Bonchev–Trinajstić information content (AvgIpc) is 3.07. The zero-order chi connectivity index (χ0) is 21.0. The van der Waals surface area contributed by atoms with Gasteiger partial charge < -0.3 is 9.88 Å². The van der Waals surface area contributed by atoms with E-state index in [1.807, 2.05) is 43.7 Å². The molecule has 3 rings (SSSR count). The van der Waals surface area contributed by atoms with Crippen molar-refractivity contribution in [3.63, 3.8) is 0 Å². The number of thioether (sulfide) groups is 1. The first kappa shape index (κ1) is 20.5. The second kappa shape index (κ2) is 8.87. The van der Waals surface area contributed by atoms with Crippen LogP contribution in [0.3, 0.4) is 0 Å². The van der Waals surface area contributed by atoms with E-state index in [1.54, 1.807) is 18.2 Å².